The molecule has 4 rings (SSSR count). The molecule has 5 heteroatoms. The summed E-state index contributed by atoms with van der Waals surface area (Å²) < 4.78 is 19.6. The Morgan fingerprint density at radius 3 is 2.06 bits per heavy atom. The summed E-state index contributed by atoms with van der Waals surface area (Å²) in [7, 11) is -2.57. The second kappa shape index (κ2) is 10.0. The third-order valence-corrected chi connectivity index (χ3v) is 12.5. The first-order chi connectivity index (χ1) is 15.8. The van der Waals surface area contributed by atoms with Crippen LogP contribution in [0.2, 0.25) is 5.04 Å². The van der Waals surface area contributed by atoms with Gasteiger partial charge in [0, 0.05) is 13.0 Å². The number of benzene rings is 2. The van der Waals surface area contributed by atoms with Gasteiger partial charge in [-0.05, 0) is 34.7 Å². The summed E-state index contributed by atoms with van der Waals surface area (Å²) in [5.74, 6) is -0.482. The molecule has 2 aromatic rings. The maximum atomic E-state index is 7.08. The molecule has 0 saturated carbocycles. The van der Waals surface area contributed by atoms with E-state index in [2.05, 4.69) is 101 Å². The highest BCUT2D eigenvalue weighted by molar-refractivity contribution is 6.99. The Morgan fingerprint density at radius 1 is 0.939 bits per heavy atom. The number of rotatable bonds is 7. The average Bonchev–Trinajstić information content (AvgIpc) is 3.50. The van der Waals surface area contributed by atoms with Crippen molar-refractivity contribution in [2.45, 2.75) is 81.8 Å². The van der Waals surface area contributed by atoms with E-state index in [9.17, 15) is 0 Å². The van der Waals surface area contributed by atoms with Gasteiger partial charge in [-0.15, -0.1) is 11.6 Å². The molecule has 0 bridgehead atoms. The van der Waals surface area contributed by atoms with E-state index in [1.165, 1.54) is 10.4 Å². The Morgan fingerprint density at radius 2 is 1.52 bits per heavy atom. The van der Waals surface area contributed by atoms with Crippen LogP contribution in [0.25, 0.3) is 0 Å². The van der Waals surface area contributed by atoms with Gasteiger partial charge in [-0.25, -0.2) is 0 Å². The van der Waals surface area contributed by atoms with Gasteiger partial charge in [-0.3, -0.25) is 0 Å². The number of fused-ring (bicyclic) bond motifs is 1. The summed E-state index contributed by atoms with van der Waals surface area (Å²) in [6.45, 7) is 9.63. The monoisotopic (exact) mass is 484 g/mol. The molecule has 0 unspecified atom stereocenters. The molecular weight excluding hydrogens is 448 g/mol. The van der Waals surface area contributed by atoms with Crippen molar-refractivity contribution in [2.24, 2.45) is 0 Å². The quantitative estimate of drug-likeness (QED) is 0.215. The molecule has 2 aliphatic heterocycles. The van der Waals surface area contributed by atoms with Gasteiger partial charge in [-0.1, -0.05) is 101 Å². The third kappa shape index (κ3) is 5.01. The van der Waals surface area contributed by atoms with E-state index in [4.69, 9.17) is 25.5 Å². The Balaban J connectivity index is 1.60. The van der Waals surface area contributed by atoms with E-state index in [0.717, 1.165) is 25.7 Å². The summed E-state index contributed by atoms with van der Waals surface area (Å²) >= 11 is 6.83. The van der Waals surface area contributed by atoms with E-state index in [1.807, 2.05) is 0 Å². The average molecular weight is 485 g/mol. The molecule has 33 heavy (non-hydrogen) atoms. The summed E-state index contributed by atoms with van der Waals surface area (Å²) in [6, 6.07) is 21.5. The van der Waals surface area contributed by atoms with E-state index < -0.39 is 14.1 Å². The SMILES string of the molecule is CC[C@@]12O[C@@H](CCO[Si](c3ccccc3)(c3ccccc3)C(C)(C)C)[C@@H](Cl)C/C=C\C[C@@H]1O2. The molecule has 1 saturated heterocycles. The van der Waals surface area contributed by atoms with Crippen LogP contribution in [0.3, 0.4) is 0 Å². The van der Waals surface area contributed by atoms with E-state index in [-0.39, 0.29) is 22.6 Å². The second-order valence-corrected chi connectivity index (χ2v) is 15.1. The highest BCUT2D eigenvalue weighted by Gasteiger charge is 2.57. The zero-order valence-corrected chi connectivity index (χ0v) is 22.1. The van der Waals surface area contributed by atoms with E-state index in [1.54, 1.807) is 0 Å². The van der Waals surface area contributed by atoms with Gasteiger partial charge in [0.25, 0.3) is 8.32 Å². The van der Waals surface area contributed by atoms with Crippen molar-refractivity contribution in [1.29, 1.82) is 0 Å². The van der Waals surface area contributed by atoms with Crippen molar-refractivity contribution in [3.05, 3.63) is 72.8 Å². The topological polar surface area (TPSA) is 31.0 Å². The molecule has 178 valence electrons. The first-order valence-electron chi connectivity index (χ1n) is 12.2. The lowest BCUT2D eigenvalue weighted by molar-refractivity contribution is -0.0986. The Hall–Kier alpha value is -1.43. The van der Waals surface area contributed by atoms with Gasteiger partial charge in [-0.2, -0.15) is 0 Å². The minimum atomic E-state index is -2.57. The first kappa shape index (κ1) is 24.7. The minimum absolute atomic E-state index is 0.0482. The van der Waals surface area contributed by atoms with Crippen LogP contribution in [-0.2, 0) is 13.9 Å². The summed E-state index contributed by atoms with van der Waals surface area (Å²) in [4.78, 5) is 0. The van der Waals surface area contributed by atoms with Crippen molar-refractivity contribution in [1.82, 2.24) is 0 Å². The van der Waals surface area contributed by atoms with E-state index >= 15 is 0 Å². The van der Waals surface area contributed by atoms with Gasteiger partial charge in [0.15, 0.2) is 5.79 Å². The number of allylic oxidation sites excluding steroid dienone is 1. The molecular formula is C28H37ClO3Si. The van der Waals surface area contributed by atoms with Crippen molar-refractivity contribution in [3.8, 4) is 0 Å². The van der Waals surface area contributed by atoms with Crippen molar-refractivity contribution in [3.63, 3.8) is 0 Å². The molecule has 2 aliphatic rings. The first-order valence-corrected chi connectivity index (χ1v) is 14.6. The van der Waals surface area contributed by atoms with E-state index in [0.29, 0.717) is 6.61 Å². The normalized spacial score (nSPS) is 28.8. The van der Waals surface area contributed by atoms with Crippen LogP contribution in [0.5, 0.6) is 0 Å². The van der Waals surface area contributed by atoms with Gasteiger partial charge < -0.3 is 13.9 Å². The summed E-state index contributed by atoms with van der Waals surface area (Å²) in [5.41, 5.74) is 0. The predicted octanol–water partition coefficient (Wildman–Crippen LogP) is 5.80. The molecule has 2 aromatic carbocycles. The zero-order chi connectivity index (χ0) is 23.5. The van der Waals surface area contributed by atoms with Crippen LogP contribution >= 0.6 is 11.6 Å². The second-order valence-electron chi connectivity index (χ2n) is 10.2. The Labute approximate surface area is 205 Å². The largest absolute Gasteiger partial charge is 0.407 e. The summed E-state index contributed by atoms with van der Waals surface area (Å²) in [5, 5.41) is 2.43. The lowest BCUT2D eigenvalue weighted by Crippen LogP contribution is -2.66. The maximum absolute atomic E-state index is 7.08. The fraction of sp³-hybridized carbons (Fsp3) is 0.500. The fourth-order valence-corrected chi connectivity index (χ4v) is 10.0. The lowest BCUT2D eigenvalue weighted by Gasteiger charge is -2.43. The highest BCUT2D eigenvalue weighted by atomic mass is 35.5. The number of hydrogen-bond acceptors (Lipinski definition) is 3. The molecule has 2 heterocycles. The van der Waals surface area contributed by atoms with Crippen molar-refractivity contribution < 1.29 is 13.9 Å². The number of alkyl halides is 1. The molecule has 1 fully saturated rings. The number of ether oxygens (including phenoxy) is 2. The molecule has 4 atom stereocenters. The molecule has 0 aliphatic carbocycles. The van der Waals surface area contributed by atoms with Gasteiger partial charge >= 0.3 is 0 Å². The highest BCUT2D eigenvalue weighted by Crippen LogP contribution is 2.46. The van der Waals surface area contributed by atoms with Crippen LogP contribution in [0.15, 0.2) is 72.8 Å². The fourth-order valence-electron chi connectivity index (χ4n) is 5.19. The molecule has 0 radical (unpaired) electrons. The predicted molar refractivity (Wildman–Crippen MR) is 139 cm³/mol. The van der Waals surface area contributed by atoms with Gasteiger partial charge in [0.05, 0.1) is 11.5 Å². The number of hydrogen-bond donors (Lipinski definition) is 0. The lowest BCUT2D eigenvalue weighted by atomic mass is 10.1. The van der Waals surface area contributed by atoms with Crippen LogP contribution < -0.4 is 10.4 Å². The molecule has 0 N–H and O–H groups in total. The zero-order valence-electron chi connectivity index (χ0n) is 20.3. The maximum Gasteiger partial charge on any atom is 0.261 e. The van der Waals surface area contributed by atoms with Crippen LogP contribution in [0.1, 0.15) is 53.4 Å². The van der Waals surface area contributed by atoms with Gasteiger partial charge in [0.2, 0.25) is 0 Å². The van der Waals surface area contributed by atoms with Crippen LogP contribution in [0, 0.1) is 0 Å². The smallest absolute Gasteiger partial charge is 0.261 e. The number of epoxide rings is 1. The minimum Gasteiger partial charge on any atom is -0.407 e. The standard InChI is InChI=1S/C28H37ClO3Si/c1-5-28-26(32-28)19-13-12-18-24(29)25(31-28)20-21-30-33(27(2,3)4,22-14-8-6-9-15-22)23-16-10-7-11-17-23/h6-17,24-26H,5,18-21H2,1-4H3/b13-12-/t24-,25-,26-,28-/m0/s1. The van der Waals surface area contributed by atoms with Gasteiger partial charge in [0.1, 0.15) is 6.10 Å². The molecule has 0 aromatic heterocycles. The van der Waals surface area contributed by atoms with Crippen molar-refractivity contribution in [2.75, 3.05) is 6.61 Å². The third-order valence-electron chi connectivity index (χ3n) is 7.04. The Kier molecular flexibility index (Phi) is 7.52. The molecule has 0 amide bonds. The Bertz CT molecular complexity index is 888. The van der Waals surface area contributed by atoms with Crippen LogP contribution in [0.4, 0.5) is 0 Å². The summed E-state index contributed by atoms with van der Waals surface area (Å²) in [6.07, 6.45) is 7.65. The van der Waals surface area contributed by atoms with Crippen LogP contribution in [-0.4, -0.2) is 38.3 Å². The van der Waals surface area contributed by atoms with Crippen molar-refractivity contribution >= 4 is 30.3 Å². The molecule has 3 nitrogen and oxygen atoms in total. The molecule has 0 spiro atoms. The number of halogens is 1.